The summed E-state index contributed by atoms with van der Waals surface area (Å²) in [5.41, 5.74) is 0.522. The maximum absolute atomic E-state index is 11.7. The Morgan fingerprint density at radius 3 is 2.43 bits per heavy atom. The molecule has 0 spiro atoms. The van der Waals surface area contributed by atoms with Gasteiger partial charge in [0.2, 0.25) is 10.0 Å². The van der Waals surface area contributed by atoms with Crippen molar-refractivity contribution in [3.05, 3.63) is 35.9 Å². The average Bonchev–Trinajstić information content (AvgIpc) is 2.44. The molecule has 1 aromatic carbocycles. The topological polar surface area (TPSA) is 78.5 Å². The van der Waals surface area contributed by atoms with E-state index in [9.17, 15) is 13.2 Å². The quantitative estimate of drug-likeness (QED) is 0.642. The van der Waals surface area contributed by atoms with Crippen molar-refractivity contribution in [3.8, 4) is 0 Å². The molecule has 0 aromatic heterocycles. The van der Waals surface area contributed by atoms with E-state index >= 15 is 0 Å². The summed E-state index contributed by atoms with van der Waals surface area (Å²) in [5, 5.41) is 2.60. The Kier molecular flexibility index (Phi) is 7.35. The molecule has 7 heteroatoms. The lowest BCUT2D eigenvalue weighted by Crippen LogP contribution is -2.35. The summed E-state index contributed by atoms with van der Waals surface area (Å²) in [6, 6.07) is 8.71. The molecular weight excluding hydrogens is 290 g/mol. The van der Waals surface area contributed by atoms with Gasteiger partial charge in [0.15, 0.2) is 0 Å². The van der Waals surface area contributed by atoms with Crippen LogP contribution in [0.15, 0.2) is 30.3 Å². The molecule has 1 aromatic rings. The predicted octanol–water partition coefficient (Wildman–Crippen LogP) is 0.288. The number of hydrogen-bond donors (Lipinski definition) is 2. The summed E-state index contributed by atoms with van der Waals surface area (Å²) in [6.45, 7) is 1.33. The monoisotopic (exact) mass is 313 g/mol. The third-order valence-electron chi connectivity index (χ3n) is 2.80. The Balaban J connectivity index is 2.26. The number of amides is 1. The second-order valence-electron chi connectivity index (χ2n) is 4.99. The maximum atomic E-state index is 11.7. The summed E-state index contributed by atoms with van der Waals surface area (Å²) >= 11 is 0. The van der Waals surface area contributed by atoms with Crippen LogP contribution in [-0.4, -0.2) is 58.7 Å². The molecule has 21 heavy (non-hydrogen) atoms. The molecule has 0 aliphatic heterocycles. The minimum atomic E-state index is -3.34. The Hall–Kier alpha value is -1.44. The first kappa shape index (κ1) is 17.6. The van der Waals surface area contributed by atoms with Crippen LogP contribution in [0.1, 0.15) is 16.8 Å². The summed E-state index contributed by atoms with van der Waals surface area (Å²) in [6.07, 6.45) is 0.753. The van der Waals surface area contributed by atoms with Crippen molar-refractivity contribution in [2.24, 2.45) is 0 Å². The van der Waals surface area contributed by atoms with Crippen LogP contribution < -0.4 is 10.0 Å². The lowest BCUT2D eigenvalue weighted by Gasteiger charge is -2.10. The molecule has 0 atom stereocenters. The van der Waals surface area contributed by atoms with Gasteiger partial charge in [-0.2, -0.15) is 0 Å². The van der Waals surface area contributed by atoms with Crippen LogP contribution in [0.5, 0.6) is 0 Å². The van der Waals surface area contributed by atoms with Crippen LogP contribution in [0.4, 0.5) is 0 Å². The van der Waals surface area contributed by atoms with Gasteiger partial charge in [-0.25, -0.2) is 13.1 Å². The normalized spacial score (nSPS) is 11.6. The Morgan fingerprint density at radius 2 is 1.81 bits per heavy atom. The van der Waals surface area contributed by atoms with Crippen LogP contribution in [0, 0.1) is 0 Å². The van der Waals surface area contributed by atoms with Gasteiger partial charge in [0.05, 0.1) is 5.75 Å². The van der Waals surface area contributed by atoms with E-state index in [1.54, 1.807) is 24.3 Å². The van der Waals surface area contributed by atoms with Crippen molar-refractivity contribution in [1.29, 1.82) is 0 Å². The zero-order chi connectivity index (χ0) is 15.7. The number of nitrogens with zero attached hydrogens (tertiary/aromatic N) is 1. The fraction of sp³-hybridized carbons (Fsp3) is 0.500. The smallest absolute Gasteiger partial charge is 0.251 e. The van der Waals surface area contributed by atoms with E-state index in [1.165, 1.54) is 0 Å². The third-order valence-corrected chi connectivity index (χ3v) is 4.18. The van der Waals surface area contributed by atoms with Gasteiger partial charge in [-0.15, -0.1) is 0 Å². The van der Waals surface area contributed by atoms with Crippen molar-refractivity contribution >= 4 is 15.9 Å². The van der Waals surface area contributed by atoms with Crippen LogP contribution in [-0.2, 0) is 10.0 Å². The molecule has 0 fully saturated rings. The molecule has 0 aliphatic rings. The molecule has 1 amide bonds. The number of rotatable bonds is 9. The number of carbonyl (C=O) groups excluding carboxylic acids is 1. The van der Waals surface area contributed by atoms with Crippen molar-refractivity contribution in [1.82, 2.24) is 14.9 Å². The lowest BCUT2D eigenvalue weighted by molar-refractivity contribution is 0.0956. The summed E-state index contributed by atoms with van der Waals surface area (Å²) in [5.74, 6) is -0.383. The van der Waals surface area contributed by atoms with Crippen molar-refractivity contribution < 1.29 is 13.2 Å². The van der Waals surface area contributed by atoms with Crippen molar-refractivity contribution in [3.63, 3.8) is 0 Å². The van der Waals surface area contributed by atoms with E-state index in [0.717, 1.165) is 13.0 Å². The van der Waals surface area contributed by atoms with Gasteiger partial charge in [0.1, 0.15) is 0 Å². The van der Waals surface area contributed by atoms with E-state index in [-0.39, 0.29) is 18.2 Å². The van der Waals surface area contributed by atoms with E-state index in [2.05, 4.69) is 10.0 Å². The Labute approximate surface area is 126 Å². The second kappa shape index (κ2) is 8.76. The number of sulfonamides is 1. The minimum absolute atomic E-state index is 0.0940. The molecule has 0 aliphatic carbocycles. The average molecular weight is 313 g/mol. The molecule has 0 heterocycles. The van der Waals surface area contributed by atoms with Gasteiger partial charge in [0.25, 0.3) is 5.91 Å². The number of nitrogens with one attached hydrogen (secondary N) is 2. The standard InChI is InChI=1S/C14H23N3O3S/c1-17(2)11-6-9-16-21(19,20)12-10-15-14(18)13-7-4-3-5-8-13/h3-5,7-8,16H,6,9-12H2,1-2H3,(H,15,18). The number of carbonyl (C=O) groups is 1. The first-order chi connectivity index (χ1) is 9.91. The summed E-state index contributed by atoms with van der Waals surface area (Å²) < 4.78 is 26.0. The molecule has 118 valence electrons. The molecule has 2 N–H and O–H groups in total. The fourth-order valence-electron chi connectivity index (χ4n) is 1.69. The highest BCUT2D eigenvalue weighted by Crippen LogP contribution is 1.97. The van der Waals surface area contributed by atoms with Crippen LogP contribution >= 0.6 is 0 Å². The zero-order valence-corrected chi connectivity index (χ0v) is 13.3. The number of benzene rings is 1. The van der Waals surface area contributed by atoms with Crippen molar-refractivity contribution in [2.75, 3.05) is 39.5 Å². The van der Waals surface area contributed by atoms with Gasteiger partial charge in [-0.1, -0.05) is 18.2 Å². The molecule has 1 rings (SSSR count). The molecule has 0 radical (unpaired) electrons. The Bertz CT molecular complexity index is 530. The molecule has 0 bridgehead atoms. The third kappa shape index (κ3) is 7.79. The molecule has 0 saturated carbocycles. The van der Waals surface area contributed by atoms with Gasteiger partial charge in [-0.3, -0.25) is 4.79 Å². The molecule has 0 saturated heterocycles. The fourth-order valence-corrected chi connectivity index (χ4v) is 2.66. The Morgan fingerprint density at radius 1 is 1.14 bits per heavy atom. The van der Waals surface area contributed by atoms with Crippen LogP contribution in [0.25, 0.3) is 0 Å². The summed E-state index contributed by atoms with van der Waals surface area (Å²) in [7, 11) is 0.536. The minimum Gasteiger partial charge on any atom is -0.351 e. The highest BCUT2D eigenvalue weighted by Gasteiger charge is 2.11. The van der Waals surface area contributed by atoms with E-state index < -0.39 is 10.0 Å². The molecule has 0 unspecified atom stereocenters. The van der Waals surface area contributed by atoms with Gasteiger partial charge < -0.3 is 10.2 Å². The van der Waals surface area contributed by atoms with Gasteiger partial charge in [0, 0.05) is 18.7 Å². The molecule has 6 nitrogen and oxygen atoms in total. The highest BCUT2D eigenvalue weighted by molar-refractivity contribution is 7.89. The van der Waals surface area contributed by atoms with E-state index in [4.69, 9.17) is 0 Å². The van der Waals surface area contributed by atoms with Gasteiger partial charge in [-0.05, 0) is 39.2 Å². The first-order valence-electron chi connectivity index (χ1n) is 6.86. The van der Waals surface area contributed by atoms with Crippen LogP contribution in [0.2, 0.25) is 0 Å². The lowest BCUT2D eigenvalue weighted by atomic mass is 10.2. The van der Waals surface area contributed by atoms with Gasteiger partial charge >= 0.3 is 0 Å². The maximum Gasteiger partial charge on any atom is 0.251 e. The largest absolute Gasteiger partial charge is 0.351 e. The SMILES string of the molecule is CN(C)CCCNS(=O)(=O)CCNC(=O)c1ccccc1. The summed E-state index contributed by atoms with van der Waals surface area (Å²) in [4.78, 5) is 13.7. The van der Waals surface area contributed by atoms with Crippen molar-refractivity contribution in [2.45, 2.75) is 6.42 Å². The second-order valence-corrected chi connectivity index (χ2v) is 6.92. The van der Waals surface area contributed by atoms with E-state index in [1.807, 2.05) is 25.1 Å². The molecular formula is C14H23N3O3S. The predicted molar refractivity (Wildman–Crippen MR) is 83.7 cm³/mol. The van der Waals surface area contributed by atoms with E-state index in [0.29, 0.717) is 12.1 Å². The zero-order valence-electron chi connectivity index (χ0n) is 12.5. The first-order valence-corrected chi connectivity index (χ1v) is 8.51. The highest BCUT2D eigenvalue weighted by atomic mass is 32.2. The number of hydrogen-bond acceptors (Lipinski definition) is 4. The van der Waals surface area contributed by atoms with Crippen LogP contribution in [0.3, 0.4) is 0 Å².